The maximum atomic E-state index is 4.98. The molecule has 0 spiro atoms. The van der Waals surface area contributed by atoms with Crippen LogP contribution in [-0.4, -0.2) is 32.1 Å². The van der Waals surface area contributed by atoms with E-state index in [1.54, 1.807) is 7.11 Å². The molecule has 0 amide bonds. The van der Waals surface area contributed by atoms with Crippen molar-refractivity contribution in [2.24, 2.45) is 0 Å². The van der Waals surface area contributed by atoms with Gasteiger partial charge in [0.25, 0.3) is 0 Å². The third kappa shape index (κ3) is 6.16. The number of benzene rings is 1. The van der Waals surface area contributed by atoms with Gasteiger partial charge in [-0.25, -0.2) is 0 Å². The normalized spacial score (nSPS) is 12.6. The molecule has 0 aliphatic rings. The molecule has 0 aromatic heterocycles. The first-order chi connectivity index (χ1) is 7.83. The third-order valence-electron chi connectivity index (χ3n) is 2.29. The van der Waals surface area contributed by atoms with E-state index in [0.29, 0.717) is 5.25 Å². The van der Waals surface area contributed by atoms with Crippen molar-refractivity contribution in [2.45, 2.75) is 17.9 Å². The Balaban J connectivity index is 2.08. The summed E-state index contributed by atoms with van der Waals surface area (Å²) in [7, 11) is 1.73. The summed E-state index contributed by atoms with van der Waals surface area (Å²) in [6, 6.07) is 10.6. The van der Waals surface area contributed by atoms with E-state index in [1.165, 1.54) is 5.56 Å². The molecule has 16 heavy (non-hydrogen) atoms. The third-order valence-corrected chi connectivity index (χ3v) is 3.53. The highest BCUT2D eigenvalue weighted by Crippen LogP contribution is 2.16. The first kappa shape index (κ1) is 13.6. The van der Waals surface area contributed by atoms with Gasteiger partial charge in [0.15, 0.2) is 0 Å². The maximum absolute atomic E-state index is 4.98. The molecule has 0 fully saturated rings. The number of nitrogens with one attached hydrogen (secondary N) is 1. The van der Waals surface area contributed by atoms with Crippen LogP contribution in [0.2, 0.25) is 0 Å². The lowest BCUT2D eigenvalue weighted by Gasteiger charge is -2.12. The van der Waals surface area contributed by atoms with Crippen LogP contribution in [0, 0.1) is 0 Å². The summed E-state index contributed by atoms with van der Waals surface area (Å²) < 4.78 is 4.98. The largest absolute Gasteiger partial charge is 0.383 e. The van der Waals surface area contributed by atoms with E-state index in [2.05, 4.69) is 42.6 Å². The summed E-state index contributed by atoms with van der Waals surface area (Å²) in [6.07, 6.45) is 0. The first-order valence-corrected chi connectivity index (χ1v) is 6.73. The van der Waals surface area contributed by atoms with E-state index >= 15 is 0 Å². The van der Waals surface area contributed by atoms with Gasteiger partial charge in [0.1, 0.15) is 0 Å². The molecule has 1 rings (SSSR count). The molecule has 0 radical (unpaired) electrons. The molecule has 1 aromatic rings. The second kappa shape index (κ2) is 8.62. The van der Waals surface area contributed by atoms with Gasteiger partial charge in [-0.2, -0.15) is 11.8 Å². The SMILES string of the molecule is COCCNCC(C)SCc1ccccc1. The Kier molecular flexibility index (Phi) is 7.30. The fourth-order valence-electron chi connectivity index (χ4n) is 1.35. The number of rotatable bonds is 8. The molecule has 0 heterocycles. The Labute approximate surface area is 103 Å². The Morgan fingerprint density at radius 1 is 1.31 bits per heavy atom. The highest BCUT2D eigenvalue weighted by molar-refractivity contribution is 7.99. The lowest BCUT2D eigenvalue weighted by atomic mass is 10.2. The average Bonchev–Trinajstić information content (AvgIpc) is 2.33. The van der Waals surface area contributed by atoms with Crippen LogP contribution in [0.4, 0.5) is 0 Å². The van der Waals surface area contributed by atoms with Gasteiger partial charge in [0.05, 0.1) is 6.61 Å². The molecule has 1 atom stereocenters. The highest BCUT2D eigenvalue weighted by atomic mass is 32.2. The molecule has 1 N–H and O–H groups in total. The van der Waals surface area contributed by atoms with Crippen LogP contribution in [0.25, 0.3) is 0 Å². The Bertz CT molecular complexity index is 266. The minimum atomic E-state index is 0.636. The number of hydrogen-bond donors (Lipinski definition) is 1. The second-order valence-electron chi connectivity index (χ2n) is 3.80. The van der Waals surface area contributed by atoms with E-state index in [4.69, 9.17) is 4.74 Å². The van der Waals surface area contributed by atoms with Crippen molar-refractivity contribution in [3.8, 4) is 0 Å². The molecule has 90 valence electrons. The standard InChI is InChI=1S/C13H21NOS/c1-12(10-14-8-9-15-2)16-11-13-6-4-3-5-7-13/h3-7,12,14H,8-11H2,1-2H3. The van der Waals surface area contributed by atoms with Crippen LogP contribution < -0.4 is 5.32 Å². The van der Waals surface area contributed by atoms with Crippen LogP contribution in [0.15, 0.2) is 30.3 Å². The Morgan fingerprint density at radius 3 is 2.75 bits per heavy atom. The van der Waals surface area contributed by atoms with Crippen molar-refractivity contribution in [3.63, 3.8) is 0 Å². The molecule has 3 heteroatoms. The summed E-state index contributed by atoms with van der Waals surface area (Å²) in [6.45, 7) is 5.02. The fraction of sp³-hybridized carbons (Fsp3) is 0.538. The van der Waals surface area contributed by atoms with Crippen molar-refractivity contribution in [2.75, 3.05) is 26.8 Å². The number of ether oxygens (including phenoxy) is 1. The van der Waals surface area contributed by atoms with Gasteiger partial charge < -0.3 is 10.1 Å². The molecule has 0 aliphatic heterocycles. The lowest BCUT2D eigenvalue weighted by molar-refractivity contribution is 0.199. The van der Waals surface area contributed by atoms with Crippen molar-refractivity contribution in [3.05, 3.63) is 35.9 Å². The van der Waals surface area contributed by atoms with Gasteiger partial charge in [-0.05, 0) is 5.56 Å². The van der Waals surface area contributed by atoms with Gasteiger partial charge >= 0.3 is 0 Å². The molecule has 1 aromatic carbocycles. The smallest absolute Gasteiger partial charge is 0.0587 e. The quantitative estimate of drug-likeness (QED) is 0.704. The number of thioether (sulfide) groups is 1. The van der Waals surface area contributed by atoms with Crippen LogP contribution in [0.3, 0.4) is 0 Å². The van der Waals surface area contributed by atoms with Gasteiger partial charge in [-0.1, -0.05) is 37.3 Å². The lowest BCUT2D eigenvalue weighted by Crippen LogP contribution is -2.26. The van der Waals surface area contributed by atoms with Crippen molar-refractivity contribution >= 4 is 11.8 Å². The molecule has 0 saturated carbocycles. The van der Waals surface area contributed by atoms with Gasteiger partial charge in [0, 0.05) is 31.2 Å². The predicted octanol–water partition coefficient (Wildman–Crippen LogP) is 2.54. The van der Waals surface area contributed by atoms with Crippen LogP contribution in [-0.2, 0) is 10.5 Å². The van der Waals surface area contributed by atoms with E-state index in [9.17, 15) is 0 Å². The molecular weight excluding hydrogens is 218 g/mol. The molecule has 0 bridgehead atoms. The van der Waals surface area contributed by atoms with Crippen molar-refractivity contribution in [1.29, 1.82) is 0 Å². The second-order valence-corrected chi connectivity index (χ2v) is 5.23. The van der Waals surface area contributed by atoms with E-state index < -0.39 is 0 Å². The average molecular weight is 239 g/mol. The van der Waals surface area contributed by atoms with Gasteiger partial charge in [-0.3, -0.25) is 0 Å². The summed E-state index contributed by atoms with van der Waals surface area (Å²) >= 11 is 1.98. The predicted molar refractivity (Wildman–Crippen MR) is 71.9 cm³/mol. The monoisotopic (exact) mass is 239 g/mol. The Hall–Kier alpha value is -0.510. The van der Waals surface area contributed by atoms with Crippen LogP contribution >= 0.6 is 11.8 Å². The molecule has 0 aliphatic carbocycles. The fourth-order valence-corrected chi connectivity index (χ4v) is 2.26. The summed E-state index contributed by atoms with van der Waals surface area (Å²) in [5.74, 6) is 1.09. The zero-order valence-corrected chi connectivity index (χ0v) is 10.9. The van der Waals surface area contributed by atoms with Gasteiger partial charge in [0.2, 0.25) is 0 Å². The highest BCUT2D eigenvalue weighted by Gasteiger charge is 2.02. The topological polar surface area (TPSA) is 21.3 Å². The maximum Gasteiger partial charge on any atom is 0.0587 e. The van der Waals surface area contributed by atoms with Crippen LogP contribution in [0.1, 0.15) is 12.5 Å². The minimum Gasteiger partial charge on any atom is -0.383 e. The molecular formula is C13H21NOS. The first-order valence-electron chi connectivity index (χ1n) is 5.68. The van der Waals surface area contributed by atoms with Crippen LogP contribution in [0.5, 0.6) is 0 Å². The van der Waals surface area contributed by atoms with E-state index in [-0.39, 0.29) is 0 Å². The molecule has 2 nitrogen and oxygen atoms in total. The van der Waals surface area contributed by atoms with Crippen molar-refractivity contribution < 1.29 is 4.74 Å². The summed E-state index contributed by atoms with van der Waals surface area (Å²) in [5, 5.41) is 4.01. The Morgan fingerprint density at radius 2 is 2.06 bits per heavy atom. The number of methoxy groups -OCH3 is 1. The van der Waals surface area contributed by atoms with Gasteiger partial charge in [-0.15, -0.1) is 0 Å². The number of hydrogen-bond acceptors (Lipinski definition) is 3. The van der Waals surface area contributed by atoms with Crippen molar-refractivity contribution in [1.82, 2.24) is 5.32 Å². The minimum absolute atomic E-state index is 0.636. The van der Waals surface area contributed by atoms with E-state index in [0.717, 1.165) is 25.4 Å². The molecule has 0 saturated heterocycles. The summed E-state index contributed by atoms with van der Waals surface area (Å²) in [5.41, 5.74) is 1.40. The zero-order chi connectivity index (χ0) is 11.6. The van der Waals surface area contributed by atoms with E-state index in [1.807, 2.05) is 11.8 Å². The summed E-state index contributed by atoms with van der Waals surface area (Å²) in [4.78, 5) is 0. The molecule has 1 unspecified atom stereocenters. The zero-order valence-electron chi connectivity index (χ0n) is 10.1.